The molecule has 0 saturated carbocycles. The summed E-state index contributed by atoms with van der Waals surface area (Å²) in [4.78, 5) is 0. The fraction of sp³-hybridized carbons (Fsp3) is 0.250. The van der Waals surface area contributed by atoms with Gasteiger partial charge in [0.15, 0.2) is 28.8 Å². The van der Waals surface area contributed by atoms with E-state index in [-0.39, 0.29) is 6.61 Å². The minimum absolute atomic E-state index is 0.0273. The van der Waals surface area contributed by atoms with Gasteiger partial charge in [0, 0.05) is 17.4 Å². The van der Waals surface area contributed by atoms with Gasteiger partial charge >= 0.3 is 0 Å². The molecule has 5 heteroatoms. The average Bonchev–Trinajstić information content (AvgIpc) is 2.87. The van der Waals surface area contributed by atoms with Crippen LogP contribution >= 0.6 is 23.0 Å². The molecule has 0 atom stereocenters. The van der Waals surface area contributed by atoms with Crippen molar-refractivity contribution >= 4 is 44.8 Å². The van der Waals surface area contributed by atoms with Crippen LogP contribution in [0.4, 0.5) is 0 Å². The minimum Gasteiger partial charge on any atom is -0.496 e. The van der Waals surface area contributed by atoms with E-state index >= 15 is 0 Å². The third-order valence-corrected chi connectivity index (χ3v) is 4.27. The Morgan fingerprint density at radius 2 is 1.95 bits per heavy atom. The topological polar surface area (TPSA) is 43.6 Å². The first-order valence-corrected chi connectivity index (χ1v) is 7.64. The molecule has 0 spiro atoms. The summed E-state index contributed by atoms with van der Waals surface area (Å²) >= 11 is 1.90. The predicted octanol–water partition coefficient (Wildman–Crippen LogP) is 4.04. The highest BCUT2D eigenvalue weighted by Crippen LogP contribution is 2.41. The van der Waals surface area contributed by atoms with Gasteiger partial charge in [0.05, 0.1) is 24.6 Å². The van der Waals surface area contributed by atoms with Crippen LogP contribution in [0, 0.1) is 0 Å². The number of rotatable bonds is 4. The molecule has 0 aliphatic rings. The third-order valence-electron chi connectivity index (χ3n) is 3.80. The molecule has 0 radical (unpaired) electrons. The number of hydrogen-bond donors (Lipinski definition) is 1. The van der Waals surface area contributed by atoms with Crippen LogP contribution in [-0.2, 0) is 13.2 Å². The van der Waals surface area contributed by atoms with Gasteiger partial charge in [0.25, 0.3) is 0 Å². The summed E-state index contributed by atoms with van der Waals surface area (Å²) in [6.45, 7) is 2.97. The lowest BCUT2D eigenvalue weighted by molar-refractivity contribution is 0.282. The zero-order valence-corrected chi connectivity index (χ0v) is 14.0. The van der Waals surface area contributed by atoms with Gasteiger partial charge in [-0.05, 0) is 36.8 Å². The molecule has 1 N–H and O–H groups in total. The molecule has 2 aromatic carbocycles. The van der Waals surface area contributed by atoms with E-state index in [0.29, 0.717) is 0 Å². The fourth-order valence-corrected chi connectivity index (χ4v) is 3.24. The Kier molecular flexibility index (Phi) is 3.95. The van der Waals surface area contributed by atoms with Gasteiger partial charge in [-0.15, -0.1) is 0 Å². The number of nitrogens with zero attached hydrogens (tertiary/aromatic N) is 1. The lowest BCUT2D eigenvalue weighted by Gasteiger charge is -2.08. The highest BCUT2D eigenvalue weighted by Gasteiger charge is 2.18. The highest BCUT2D eigenvalue weighted by atomic mass is 127. The number of ether oxygens (including phenoxy) is 1. The van der Waals surface area contributed by atoms with Gasteiger partial charge in [-0.1, -0.05) is 6.07 Å². The van der Waals surface area contributed by atoms with Gasteiger partial charge in [-0.2, -0.15) is 0 Å². The van der Waals surface area contributed by atoms with Crippen LogP contribution in [0.2, 0.25) is 0 Å². The fourth-order valence-electron chi connectivity index (χ4n) is 2.88. The number of hydrogen-bond acceptors (Lipinski definition) is 3. The maximum Gasteiger partial charge on any atom is 0.192 e. The second-order valence-electron chi connectivity index (χ2n) is 4.82. The SMILES string of the molecule is CCn1c2ccc(CO)cc2c2c(OC)ccc(OI)c21. The molecule has 0 fully saturated rings. The van der Waals surface area contributed by atoms with E-state index in [2.05, 4.69) is 11.5 Å². The van der Waals surface area contributed by atoms with Gasteiger partial charge in [0.2, 0.25) is 0 Å². The molecule has 3 aromatic rings. The Morgan fingerprint density at radius 1 is 1.19 bits per heavy atom. The van der Waals surface area contributed by atoms with Gasteiger partial charge in [-0.3, -0.25) is 0 Å². The summed E-state index contributed by atoms with van der Waals surface area (Å²) in [5.41, 5.74) is 3.03. The number of methoxy groups -OCH3 is 1. The first-order chi connectivity index (χ1) is 10.2. The standard InChI is InChI=1S/C16H16INO3/c1-3-18-12-5-4-10(9-19)8-11(12)15-13(20-2)6-7-14(21-17)16(15)18/h4-8,19H,3,9H2,1-2H3. The Balaban J connectivity index is 2.55. The summed E-state index contributed by atoms with van der Waals surface area (Å²) in [5, 5.41) is 11.5. The maximum absolute atomic E-state index is 9.40. The minimum atomic E-state index is 0.0273. The summed E-state index contributed by atoms with van der Waals surface area (Å²) in [5.74, 6) is 1.63. The zero-order chi connectivity index (χ0) is 15.0. The van der Waals surface area contributed by atoms with Crippen molar-refractivity contribution in [3.63, 3.8) is 0 Å². The van der Waals surface area contributed by atoms with E-state index in [9.17, 15) is 5.11 Å². The van der Waals surface area contributed by atoms with Crippen molar-refractivity contribution in [3.05, 3.63) is 35.9 Å². The van der Waals surface area contributed by atoms with E-state index in [0.717, 1.165) is 45.4 Å². The van der Waals surface area contributed by atoms with Crippen LogP contribution in [0.5, 0.6) is 11.5 Å². The normalized spacial score (nSPS) is 11.2. The van der Waals surface area contributed by atoms with Gasteiger partial charge in [0.1, 0.15) is 5.75 Å². The van der Waals surface area contributed by atoms with Crippen molar-refractivity contribution in [1.29, 1.82) is 0 Å². The van der Waals surface area contributed by atoms with E-state index in [4.69, 9.17) is 7.80 Å². The second kappa shape index (κ2) is 5.73. The van der Waals surface area contributed by atoms with Crippen LogP contribution in [0.25, 0.3) is 21.8 Å². The van der Waals surface area contributed by atoms with E-state index in [1.165, 1.54) is 0 Å². The second-order valence-corrected chi connectivity index (χ2v) is 5.26. The molecule has 0 saturated heterocycles. The maximum atomic E-state index is 9.40. The monoisotopic (exact) mass is 397 g/mol. The summed E-state index contributed by atoms with van der Waals surface area (Å²) in [7, 11) is 1.67. The Labute approximate surface area is 137 Å². The van der Waals surface area contributed by atoms with Crippen LogP contribution in [0.1, 0.15) is 12.5 Å². The highest BCUT2D eigenvalue weighted by molar-refractivity contribution is 14.1. The Bertz CT molecular complexity index is 810. The molecule has 0 amide bonds. The number of aromatic nitrogens is 1. The molecule has 0 bridgehead atoms. The zero-order valence-electron chi connectivity index (χ0n) is 11.9. The van der Waals surface area contributed by atoms with Crippen molar-refractivity contribution in [2.45, 2.75) is 20.1 Å². The van der Waals surface area contributed by atoms with Crippen molar-refractivity contribution in [3.8, 4) is 11.5 Å². The van der Waals surface area contributed by atoms with Gasteiger partial charge < -0.3 is 17.5 Å². The van der Waals surface area contributed by atoms with Crippen molar-refractivity contribution in [1.82, 2.24) is 4.57 Å². The molecular formula is C16H16INO3. The van der Waals surface area contributed by atoms with Crippen molar-refractivity contribution < 1.29 is 12.9 Å². The van der Waals surface area contributed by atoms with Crippen molar-refractivity contribution in [2.24, 2.45) is 0 Å². The number of aryl methyl sites for hydroxylation is 1. The summed E-state index contributed by atoms with van der Waals surface area (Å²) in [6.07, 6.45) is 0. The smallest absolute Gasteiger partial charge is 0.192 e. The van der Waals surface area contributed by atoms with E-state index < -0.39 is 0 Å². The largest absolute Gasteiger partial charge is 0.496 e. The Hall–Kier alpha value is -1.47. The average molecular weight is 397 g/mol. The van der Waals surface area contributed by atoms with Gasteiger partial charge in [-0.25, -0.2) is 0 Å². The summed E-state index contributed by atoms with van der Waals surface area (Å²) in [6, 6.07) is 9.85. The lowest BCUT2D eigenvalue weighted by atomic mass is 10.1. The predicted molar refractivity (Wildman–Crippen MR) is 92.2 cm³/mol. The van der Waals surface area contributed by atoms with Crippen LogP contribution in [0.3, 0.4) is 0 Å². The molecule has 4 nitrogen and oxygen atoms in total. The molecule has 1 aromatic heterocycles. The number of aliphatic hydroxyl groups excluding tert-OH is 1. The summed E-state index contributed by atoms with van der Waals surface area (Å²) < 4.78 is 13.2. The molecule has 110 valence electrons. The van der Waals surface area contributed by atoms with Crippen LogP contribution in [0.15, 0.2) is 30.3 Å². The van der Waals surface area contributed by atoms with E-state index in [1.807, 2.05) is 53.3 Å². The molecule has 3 rings (SSSR count). The number of halogens is 1. The first-order valence-electron chi connectivity index (χ1n) is 6.76. The molecule has 0 unspecified atom stereocenters. The molecular weight excluding hydrogens is 381 g/mol. The first kappa shape index (κ1) is 14.5. The quantitative estimate of drug-likeness (QED) is 0.676. The lowest BCUT2D eigenvalue weighted by Crippen LogP contribution is -1.95. The molecule has 21 heavy (non-hydrogen) atoms. The third kappa shape index (κ3) is 2.15. The molecule has 0 aliphatic heterocycles. The molecule has 1 heterocycles. The Morgan fingerprint density at radius 3 is 2.57 bits per heavy atom. The molecule has 0 aliphatic carbocycles. The van der Waals surface area contributed by atoms with Crippen LogP contribution < -0.4 is 7.80 Å². The number of fused-ring (bicyclic) bond motifs is 3. The van der Waals surface area contributed by atoms with E-state index in [1.54, 1.807) is 7.11 Å². The van der Waals surface area contributed by atoms with Crippen LogP contribution in [-0.4, -0.2) is 16.8 Å². The number of aliphatic hydroxyl groups is 1. The number of benzene rings is 2. The van der Waals surface area contributed by atoms with Crippen molar-refractivity contribution in [2.75, 3.05) is 7.11 Å².